The van der Waals surface area contributed by atoms with Gasteiger partial charge < -0.3 is 9.90 Å². The molecule has 3 heteroatoms. The molecular formula is C13H20O2Sn. The zero-order chi connectivity index (χ0) is 12.4. The molecule has 0 aliphatic heterocycles. The molecule has 0 radical (unpaired) electrons. The van der Waals surface area contributed by atoms with Gasteiger partial charge in [-0.25, -0.2) is 0 Å². The Balaban J connectivity index is 0.000000293. The number of carbonyl (C=O) groups is 1. The predicted octanol–water partition coefficient (Wildman–Crippen LogP) is 2.59. The molecule has 1 aromatic rings. The Hall–Kier alpha value is -0.511. The second-order valence-corrected chi connectivity index (χ2v) is 13.8. The van der Waals surface area contributed by atoms with Crippen molar-refractivity contribution in [1.29, 1.82) is 0 Å². The standard InChI is InChI=1S/C7H6O2.3C2H5.Sn/c8-7(9)6-4-2-1-3-5-6;3*1-2;/h1-5H,(H,8,9);3*1H2,2H3;/q;;;;+1/p-1. The predicted molar refractivity (Wildman–Crippen MR) is 68.0 cm³/mol. The molecule has 0 N–H and O–H groups in total. The van der Waals surface area contributed by atoms with Crippen molar-refractivity contribution in [3.63, 3.8) is 0 Å². The smallest absolute Gasteiger partial charge is 0.0715 e. The topological polar surface area (TPSA) is 40.1 Å². The Bertz CT molecular complexity index is 276. The molecule has 0 amide bonds. The summed E-state index contributed by atoms with van der Waals surface area (Å²) in [5.41, 5.74) is 0.220. The van der Waals surface area contributed by atoms with E-state index in [4.69, 9.17) is 0 Å². The maximum absolute atomic E-state index is 10.1. The molecular weight excluding hydrogens is 307 g/mol. The van der Waals surface area contributed by atoms with Crippen LogP contribution in [0, 0.1) is 0 Å². The van der Waals surface area contributed by atoms with Crippen LogP contribution in [0.1, 0.15) is 31.1 Å². The summed E-state index contributed by atoms with van der Waals surface area (Å²) in [5.74, 6) is -1.13. The van der Waals surface area contributed by atoms with Gasteiger partial charge in [-0.15, -0.1) is 0 Å². The van der Waals surface area contributed by atoms with Crippen molar-refractivity contribution in [2.75, 3.05) is 0 Å². The third-order valence-corrected chi connectivity index (χ3v) is 11.1. The van der Waals surface area contributed by atoms with Crippen LogP contribution < -0.4 is 5.11 Å². The Labute approximate surface area is 105 Å². The van der Waals surface area contributed by atoms with E-state index in [1.54, 1.807) is 31.5 Å². The van der Waals surface area contributed by atoms with Crippen molar-refractivity contribution in [3.8, 4) is 0 Å². The van der Waals surface area contributed by atoms with Crippen LogP contribution in [0.25, 0.3) is 0 Å². The number of hydrogen-bond donors (Lipinski definition) is 0. The molecule has 0 fully saturated rings. The van der Waals surface area contributed by atoms with Crippen LogP contribution in [-0.2, 0) is 0 Å². The van der Waals surface area contributed by atoms with Crippen LogP contribution in [0.2, 0.25) is 13.3 Å². The van der Waals surface area contributed by atoms with Gasteiger partial charge in [-0.1, -0.05) is 30.3 Å². The second-order valence-electron chi connectivity index (χ2n) is 3.46. The maximum atomic E-state index is 10.1. The van der Waals surface area contributed by atoms with Crippen molar-refractivity contribution in [2.24, 2.45) is 0 Å². The van der Waals surface area contributed by atoms with Gasteiger partial charge in [0, 0.05) is 0 Å². The average molecular weight is 327 g/mol. The third-order valence-electron chi connectivity index (χ3n) is 2.51. The van der Waals surface area contributed by atoms with Crippen molar-refractivity contribution >= 4 is 25.7 Å². The molecule has 16 heavy (non-hydrogen) atoms. The molecule has 0 spiro atoms. The van der Waals surface area contributed by atoms with E-state index in [1.165, 1.54) is 12.1 Å². The fourth-order valence-electron chi connectivity index (χ4n) is 1.32. The van der Waals surface area contributed by atoms with Crippen LogP contribution >= 0.6 is 0 Å². The number of rotatable bonds is 4. The number of carbonyl (C=O) groups excluding carboxylic acids is 1. The summed E-state index contributed by atoms with van der Waals surface area (Å²) in [6.07, 6.45) is 0. The van der Waals surface area contributed by atoms with Gasteiger partial charge in [-0.2, -0.15) is 0 Å². The zero-order valence-corrected chi connectivity index (χ0v) is 13.2. The van der Waals surface area contributed by atoms with Gasteiger partial charge in [0.25, 0.3) is 0 Å². The quantitative estimate of drug-likeness (QED) is 0.798. The van der Waals surface area contributed by atoms with Crippen LogP contribution in [0.3, 0.4) is 0 Å². The molecule has 0 atom stereocenters. The maximum Gasteiger partial charge on any atom is 0.0715 e. The SMILES string of the molecule is C[CH2][Sn+]([CH2]C)[CH2]C.O=C([O-])c1ccccc1. The molecule has 0 saturated carbocycles. The van der Waals surface area contributed by atoms with E-state index in [1.807, 2.05) is 0 Å². The van der Waals surface area contributed by atoms with Crippen LogP contribution in [-0.4, -0.2) is 25.7 Å². The van der Waals surface area contributed by atoms with Gasteiger partial charge in [0.15, 0.2) is 0 Å². The molecule has 1 rings (SSSR count). The van der Waals surface area contributed by atoms with E-state index in [2.05, 4.69) is 20.8 Å². The van der Waals surface area contributed by atoms with Crippen LogP contribution in [0.15, 0.2) is 30.3 Å². The van der Waals surface area contributed by atoms with Crippen molar-refractivity contribution in [1.82, 2.24) is 0 Å². The van der Waals surface area contributed by atoms with E-state index >= 15 is 0 Å². The summed E-state index contributed by atoms with van der Waals surface area (Å²) in [6, 6.07) is 8.06. The zero-order valence-electron chi connectivity index (χ0n) is 10.3. The molecule has 0 bridgehead atoms. The van der Waals surface area contributed by atoms with Gasteiger partial charge in [0.2, 0.25) is 0 Å². The fourth-order valence-corrected chi connectivity index (χ4v) is 5.61. The largest absolute Gasteiger partial charge is 0.545 e. The Kier molecular flexibility index (Phi) is 9.39. The molecule has 0 aromatic heterocycles. The summed E-state index contributed by atoms with van der Waals surface area (Å²) >= 11 is -0.653. The first kappa shape index (κ1) is 15.5. The van der Waals surface area contributed by atoms with Gasteiger partial charge in [0.1, 0.15) is 0 Å². The summed E-state index contributed by atoms with van der Waals surface area (Å²) in [5, 5.41) is 10.1. The normalized spacial score (nSPS) is 8.94. The van der Waals surface area contributed by atoms with E-state index in [0.29, 0.717) is 0 Å². The summed E-state index contributed by atoms with van der Waals surface area (Å²) in [7, 11) is 0. The second kappa shape index (κ2) is 9.70. The van der Waals surface area contributed by atoms with Crippen molar-refractivity contribution < 1.29 is 9.90 Å². The first-order valence-corrected chi connectivity index (χ1v) is 11.8. The Morgan fingerprint density at radius 3 is 1.69 bits per heavy atom. The number of aromatic carboxylic acids is 1. The number of carboxylic acids is 1. The first-order valence-electron chi connectivity index (χ1n) is 5.75. The van der Waals surface area contributed by atoms with Gasteiger partial charge in [-0.3, -0.25) is 0 Å². The molecule has 1 aromatic carbocycles. The number of benzene rings is 1. The van der Waals surface area contributed by atoms with Crippen LogP contribution in [0.5, 0.6) is 0 Å². The molecule has 2 nitrogen and oxygen atoms in total. The minimum Gasteiger partial charge on any atom is -0.545 e. The summed E-state index contributed by atoms with van der Waals surface area (Å²) in [6.45, 7) is 7.05. The third kappa shape index (κ3) is 6.88. The Morgan fingerprint density at radius 1 is 1.06 bits per heavy atom. The number of hydrogen-bond acceptors (Lipinski definition) is 2. The molecule has 0 aliphatic carbocycles. The van der Waals surface area contributed by atoms with Crippen LogP contribution in [0.4, 0.5) is 0 Å². The molecule has 0 heterocycles. The van der Waals surface area contributed by atoms with Crippen molar-refractivity contribution in [2.45, 2.75) is 34.1 Å². The fraction of sp³-hybridized carbons (Fsp3) is 0.462. The van der Waals surface area contributed by atoms with Gasteiger partial charge in [-0.05, 0) is 5.56 Å². The minimum absolute atomic E-state index is 0.220. The molecule has 88 valence electrons. The van der Waals surface area contributed by atoms with E-state index in [-0.39, 0.29) is 5.56 Å². The number of carboxylic acid groups (broad SMARTS) is 1. The average Bonchev–Trinajstić information content (AvgIpc) is 2.33. The van der Waals surface area contributed by atoms with E-state index in [0.717, 1.165) is 0 Å². The molecule has 0 saturated heterocycles. The first-order chi connectivity index (χ1) is 7.65. The summed E-state index contributed by atoms with van der Waals surface area (Å²) in [4.78, 5) is 10.1. The van der Waals surface area contributed by atoms with Gasteiger partial charge >= 0.3 is 53.8 Å². The van der Waals surface area contributed by atoms with Crippen molar-refractivity contribution in [3.05, 3.63) is 35.9 Å². The monoisotopic (exact) mass is 328 g/mol. The van der Waals surface area contributed by atoms with E-state index in [9.17, 15) is 9.90 Å². The Morgan fingerprint density at radius 2 is 1.50 bits per heavy atom. The van der Waals surface area contributed by atoms with Gasteiger partial charge in [0.05, 0.1) is 5.97 Å². The molecule has 0 unspecified atom stereocenters. The summed E-state index contributed by atoms with van der Waals surface area (Å²) < 4.78 is 4.65. The minimum atomic E-state index is -1.13. The molecule has 0 aliphatic rings. The van der Waals surface area contributed by atoms with E-state index < -0.39 is 25.7 Å².